The molecule has 0 bridgehead atoms. The SMILES string of the molecule is CCOC(=O)Cn1c2ccc(Cl)cc2c2nc3ccccc3nc21. The molecule has 24 heavy (non-hydrogen) atoms. The van der Waals surface area contributed by atoms with Crippen LogP contribution >= 0.6 is 11.6 Å². The van der Waals surface area contributed by atoms with E-state index in [1.165, 1.54) is 0 Å². The Balaban J connectivity index is 2.06. The van der Waals surface area contributed by atoms with Gasteiger partial charge in [-0.3, -0.25) is 4.79 Å². The first-order valence-electron chi connectivity index (χ1n) is 7.67. The topological polar surface area (TPSA) is 57.0 Å². The minimum absolute atomic E-state index is 0.0858. The molecule has 0 saturated heterocycles. The Kier molecular flexibility index (Phi) is 3.58. The lowest BCUT2D eigenvalue weighted by Crippen LogP contribution is -2.13. The highest BCUT2D eigenvalue weighted by atomic mass is 35.5. The van der Waals surface area contributed by atoms with Crippen molar-refractivity contribution in [1.82, 2.24) is 14.5 Å². The van der Waals surface area contributed by atoms with E-state index in [1.54, 1.807) is 13.0 Å². The summed E-state index contributed by atoms with van der Waals surface area (Å²) in [4.78, 5) is 21.4. The molecule has 2 aromatic heterocycles. The number of fused-ring (bicyclic) bond motifs is 4. The normalized spacial score (nSPS) is 11.4. The van der Waals surface area contributed by atoms with Crippen LogP contribution in [0.15, 0.2) is 42.5 Å². The second-order valence-corrected chi connectivity index (χ2v) is 5.87. The average Bonchev–Trinajstić information content (AvgIpc) is 2.86. The van der Waals surface area contributed by atoms with Crippen molar-refractivity contribution in [3.05, 3.63) is 47.5 Å². The number of hydrogen-bond donors (Lipinski definition) is 0. The molecule has 0 unspecified atom stereocenters. The van der Waals surface area contributed by atoms with Gasteiger partial charge in [0.1, 0.15) is 12.1 Å². The zero-order chi connectivity index (χ0) is 16.7. The van der Waals surface area contributed by atoms with Gasteiger partial charge < -0.3 is 9.30 Å². The van der Waals surface area contributed by atoms with Crippen LogP contribution in [0.1, 0.15) is 6.92 Å². The van der Waals surface area contributed by atoms with Crippen LogP contribution in [0.3, 0.4) is 0 Å². The summed E-state index contributed by atoms with van der Waals surface area (Å²) in [5.41, 5.74) is 3.83. The van der Waals surface area contributed by atoms with Crippen molar-refractivity contribution < 1.29 is 9.53 Å². The van der Waals surface area contributed by atoms with Crippen molar-refractivity contribution in [1.29, 1.82) is 0 Å². The first-order chi connectivity index (χ1) is 11.7. The zero-order valence-electron chi connectivity index (χ0n) is 13.0. The van der Waals surface area contributed by atoms with E-state index >= 15 is 0 Å². The molecule has 0 atom stereocenters. The van der Waals surface area contributed by atoms with Gasteiger partial charge in [-0.2, -0.15) is 0 Å². The molecule has 0 radical (unpaired) electrons. The van der Waals surface area contributed by atoms with E-state index in [4.69, 9.17) is 26.3 Å². The second-order valence-electron chi connectivity index (χ2n) is 5.44. The minimum Gasteiger partial charge on any atom is -0.465 e. The number of carbonyl (C=O) groups is 1. The Morgan fingerprint density at radius 3 is 2.67 bits per heavy atom. The van der Waals surface area contributed by atoms with E-state index in [-0.39, 0.29) is 12.5 Å². The lowest BCUT2D eigenvalue weighted by Gasteiger charge is -2.06. The third-order valence-corrected chi connectivity index (χ3v) is 4.14. The largest absolute Gasteiger partial charge is 0.465 e. The fourth-order valence-corrected chi connectivity index (χ4v) is 3.07. The summed E-state index contributed by atoms with van der Waals surface area (Å²) in [6.45, 7) is 2.22. The molecule has 0 saturated carbocycles. The number of nitrogens with zero attached hydrogens (tertiary/aromatic N) is 3. The number of esters is 1. The number of carbonyl (C=O) groups excluding carboxylic acids is 1. The fourth-order valence-electron chi connectivity index (χ4n) is 2.90. The van der Waals surface area contributed by atoms with Gasteiger partial charge in [0.2, 0.25) is 0 Å². The van der Waals surface area contributed by atoms with E-state index in [0.29, 0.717) is 17.3 Å². The Labute approximate surface area is 142 Å². The number of para-hydroxylation sites is 2. The third-order valence-electron chi connectivity index (χ3n) is 3.90. The fraction of sp³-hybridized carbons (Fsp3) is 0.167. The Morgan fingerprint density at radius 1 is 1.17 bits per heavy atom. The quantitative estimate of drug-likeness (QED) is 0.530. The highest BCUT2D eigenvalue weighted by molar-refractivity contribution is 6.31. The van der Waals surface area contributed by atoms with Gasteiger partial charge in [-0.25, -0.2) is 9.97 Å². The second kappa shape index (κ2) is 5.76. The van der Waals surface area contributed by atoms with Gasteiger partial charge in [0.25, 0.3) is 0 Å². The monoisotopic (exact) mass is 339 g/mol. The summed E-state index contributed by atoms with van der Waals surface area (Å²) in [5.74, 6) is -0.304. The number of ether oxygens (including phenoxy) is 1. The van der Waals surface area contributed by atoms with Crippen LogP contribution < -0.4 is 0 Å². The number of aromatic nitrogens is 3. The maximum Gasteiger partial charge on any atom is 0.326 e. The molecule has 4 rings (SSSR count). The molecule has 120 valence electrons. The molecular formula is C18H14ClN3O2. The summed E-state index contributed by atoms with van der Waals surface area (Å²) in [5, 5.41) is 1.49. The van der Waals surface area contributed by atoms with Gasteiger partial charge in [-0.05, 0) is 37.3 Å². The predicted octanol–water partition coefficient (Wildman–Crippen LogP) is 3.95. The van der Waals surface area contributed by atoms with Crippen molar-refractivity contribution in [2.24, 2.45) is 0 Å². The van der Waals surface area contributed by atoms with Gasteiger partial charge in [-0.1, -0.05) is 23.7 Å². The van der Waals surface area contributed by atoms with Crippen molar-refractivity contribution in [3.8, 4) is 0 Å². The molecule has 2 aromatic carbocycles. The molecule has 0 aliphatic heterocycles. The number of rotatable bonds is 3. The van der Waals surface area contributed by atoms with Crippen LogP contribution in [-0.2, 0) is 16.1 Å². The molecule has 0 fully saturated rings. The Morgan fingerprint density at radius 2 is 1.92 bits per heavy atom. The van der Waals surface area contributed by atoms with Crippen molar-refractivity contribution >= 4 is 50.7 Å². The summed E-state index contributed by atoms with van der Waals surface area (Å²) in [6.07, 6.45) is 0. The van der Waals surface area contributed by atoms with Crippen molar-refractivity contribution in [2.75, 3.05) is 6.61 Å². The molecule has 5 nitrogen and oxygen atoms in total. The zero-order valence-corrected chi connectivity index (χ0v) is 13.7. The van der Waals surface area contributed by atoms with E-state index < -0.39 is 0 Å². The molecule has 0 spiro atoms. The first-order valence-corrected chi connectivity index (χ1v) is 8.05. The van der Waals surface area contributed by atoms with Crippen LogP contribution in [0, 0.1) is 0 Å². The molecule has 4 aromatic rings. The lowest BCUT2D eigenvalue weighted by molar-refractivity contribution is -0.143. The predicted molar refractivity (Wildman–Crippen MR) is 94.2 cm³/mol. The highest BCUT2D eigenvalue weighted by Crippen LogP contribution is 2.30. The standard InChI is InChI=1S/C18H14ClN3O2/c1-2-24-16(23)10-22-15-8-7-11(19)9-12(15)17-18(22)21-14-6-4-3-5-13(14)20-17/h3-9H,2,10H2,1H3. The summed E-state index contributed by atoms with van der Waals surface area (Å²) >= 11 is 6.15. The van der Waals surface area contributed by atoms with Crippen LogP contribution in [0.2, 0.25) is 5.02 Å². The maximum absolute atomic E-state index is 12.0. The molecule has 0 aliphatic carbocycles. The van der Waals surface area contributed by atoms with Crippen molar-refractivity contribution in [2.45, 2.75) is 13.5 Å². The van der Waals surface area contributed by atoms with Gasteiger partial charge in [0.15, 0.2) is 5.65 Å². The molecule has 0 aliphatic rings. The highest BCUT2D eigenvalue weighted by Gasteiger charge is 2.17. The molecule has 2 heterocycles. The summed E-state index contributed by atoms with van der Waals surface area (Å²) < 4.78 is 6.92. The molecular weight excluding hydrogens is 326 g/mol. The minimum atomic E-state index is -0.304. The summed E-state index contributed by atoms with van der Waals surface area (Å²) in [6, 6.07) is 13.2. The Hall–Kier alpha value is -2.66. The van der Waals surface area contributed by atoms with Crippen molar-refractivity contribution in [3.63, 3.8) is 0 Å². The van der Waals surface area contributed by atoms with E-state index in [1.807, 2.05) is 41.0 Å². The molecule has 0 amide bonds. The van der Waals surface area contributed by atoms with Crippen LogP contribution in [-0.4, -0.2) is 27.1 Å². The van der Waals surface area contributed by atoms with E-state index in [9.17, 15) is 4.79 Å². The number of hydrogen-bond acceptors (Lipinski definition) is 4. The van der Waals surface area contributed by atoms with Gasteiger partial charge in [-0.15, -0.1) is 0 Å². The molecule has 6 heteroatoms. The van der Waals surface area contributed by atoms with E-state index in [2.05, 4.69) is 0 Å². The van der Waals surface area contributed by atoms with Crippen LogP contribution in [0.4, 0.5) is 0 Å². The molecule has 0 N–H and O–H groups in total. The van der Waals surface area contributed by atoms with Gasteiger partial charge in [0.05, 0.1) is 23.2 Å². The third kappa shape index (κ3) is 2.37. The van der Waals surface area contributed by atoms with Gasteiger partial charge in [0, 0.05) is 10.4 Å². The van der Waals surface area contributed by atoms with Gasteiger partial charge >= 0.3 is 5.97 Å². The smallest absolute Gasteiger partial charge is 0.326 e. The van der Waals surface area contributed by atoms with Crippen LogP contribution in [0.25, 0.3) is 33.1 Å². The maximum atomic E-state index is 12.0. The lowest BCUT2D eigenvalue weighted by atomic mass is 10.2. The summed E-state index contributed by atoms with van der Waals surface area (Å²) in [7, 11) is 0. The first kappa shape index (κ1) is 14.9. The average molecular weight is 340 g/mol. The number of benzene rings is 2. The Bertz CT molecular complexity index is 1090. The number of halogens is 1. The van der Waals surface area contributed by atoms with E-state index in [0.717, 1.165) is 27.5 Å². The van der Waals surface area contributed by atoms with Crippen LogP contribution in [0.5, 0.6) is 0 Å².